The molecule has 0 atom stereocenters. The van der Waals surface area contributed by atoms with E-state index in [1.807, 2.05) is 9.80 Å². The van der Waals surface area contributed by atoms with E-state index < -0.39 is 0 Å². The second-order valence-electron chi connectivity index (χ2n) is 4.53. The Morgan fingerprint density at radius 3 is 2.38 bits per heavy atom. The summed E-state index contributed by atoms with van der Waals surface area (Å²) in [6.07, 6.45) is 1.08. The first-order chi connectivity index (χ1) is 7.77. The highest BCUT2D eigenvalue weighted by atomic mass is 16.5. The molecule has 0 radical (unpaired) electrons. The molecule has 5 heteroatoms. The summed E-state index contributed by atoms with van der Waals surface area (Å²) in [5, 5.41) is 0. The first-order valence-electron chi connectivity index (χ1n) is 6.07. The largest absolute Gasteiger partial charge is 0.378 e. The first kappa shape index (κ1) is 11.7. The van der Waals surface area contributed by atoms with Gasteiger partial charge in [-0.1, -0.05) is 0 Å². The van der Waals surface area contributed by atoms with Gasteiger partial charge in [-0.25, -0.2) is 4.79 Å². The van der Waals surface area contributed by atoms with E-state index >= 15 is 0 Å². The Labute approximate surface area is 96.9 Å². The van der Waals surface area contributed by atoms with E-state index in [-0.39, 0.29) is 6.03 Å². The van der Waals surface area contributed by atoms with Crippen LogP contribution >= 0.6 is 0 Å². The number of amides is 2. The molecule has 2 rings (SSSR count). The van der Waals surface area contributed by atoms with Crippen molar-refractivity contribution in [1.29, 1.82) is 0 Å². The number of urea groups is 1. The second kappa shape index (κ2) is 5.50. The molecule has 2 saturated heterocycles. The minimum atomic E-state index is 0.193. The van der Waals surface area contributed by atoms with Crippen LogP contribution in [0.15, 0.2) is 0 Å². The van der Waals surface area contributed by atoms with Crippen LogP contribution in [0.5, 0.6) is 0 Å². The number of carbonyl (C=O) groups excluding carboxylic acids is 1. The lowest BCUT2D eigenvalue weighted by Gasteiger charge is -2.32. The van der Waals surface area contributed by atoms with Crippen LogP contribution in [0.25, 0.3) is 0 Å². The van der Waals surface area contributed by atoms with E-state index in [1.165, 1.54) is 0 Å². The Hall–Kier alpha value is -0.810. The first-order valence-corrected chi connectivity index (χ1v) is 6.07. The second-order valence-corrected chi connectivity index (χ2v) is 4.53. The zero-order valence-corrected chi connectivity index (χ0v) is 10.0. The molecule has 0 aromatic rings. The van der Waals surface area contributed by atoms with E-state index in [9.17, 15) is 4.79 Å². The van der Waals surface area contributed by atoms with Crippen LogP contribution < -0.4 is 0 Å². The number of hydrogen-bond donors (Lipinski definition) is 0. The van der Waals surface area contributed by atoms with Crippen molar-refractivity contribution in [2.24, 2.45) is 0 Å². The number of nitrogens with zero attached hydrogens (tertiary/aromatic N) is 3. The fourth-order valence-electron chi connectivity index (χ4n) is 2.19. The van der Waals surface area contributed by atoms with Crippen molar-refractivity contribution in [1.82, 2.24) is 14.7 Å². The molecular weight excluding hydrogens is 206 g/mol. The number of rotatable bonds is 0. The van der Waals surface area contributed by atoms with Gasteiger partial charge < -0.3 is 19.4 Å². The molecule has 0 aromatic heterocycles. The summed E-state index contributed by atoms with van der Waals surface area (Å²) in [5.74, 6) is 0. The van der Waals surface area contributed by atoms with Crippen LogP contribution in [0, 0.1) is 0 Å². The number of morpholine rings is 1. The maximum Gasteiger partial charge on any atom is 0.320 e. The van der Waals surface area contributed by atoms with Crippen LogP contribution in [0.4, 0.5) is 4.79 Å². The fourth-order valence-corrected chi connectivity index (χ4v) is 2.19. The van der Waals surface area contributed by atoms with Crippen molar-refractivity contribution in [2.75, 3.05) is 59.5 Å². The van der Waals surface area contributed by atoms with Gasteiger partial charge in [0.2, 0.25) is 0 Å². The van der Waals surface area contributed by atoms with E-state index in [4.69, 9.17) is 4.74 Å². The molecule has 0 bridgehead atoms. The molecule has 5 nitrogen and oxygen atoms in total. The Morgan fingerprint density at radius 1 is 0.938 bits per heavy atom. The van der Waals surface area contributed by atoms with Crippen molar-refractivity contribution in [2.45, 2.75) is 6.42 Å². The minimum Gasteiger partial charge on any atom is -0.378 e. The van der Waals surface area contributed by atoms with E-state index in [1.54, 1.807) is 0 Å². The summed E-state index contributed by atoms with van der Waals surface area (Å²) in [6, 6.07) is 0.193. The van der Waals surface area contributed by atoms with Gasteiger partial charge >= 0.3 is 6.03 Å². The van der Waals surface area contributed by atoms with Crippen LogP contribution in [0.2, 0.25) is 0 Å². The quantitative estimate of drug-likeness (QED) is 0.588. The van der Waals surface area contributed by atoms with E-state index in [2.05, 4.69) is 11.9 Å². The summed E-state index contributed by atoms with van der Waals surface area (Å²) < 4.78 is 5.26. The molecule has 0 spiro atoms. The zero-order chi connectivity index (χ0) is 11.4. The average molecular weight is 227 g/mol. The Kier molecular flexibility index (Phi) is 4.01. The Balaban J connectivity index is 1.87. The van der Waals surface area contributed by atoms with Gasteiger partial charge in [0.15, 0.2) is 0 Å². The SMILES string of the molecule is CN1CCCN(C(=O)N2CCOCC2)CC1. The molecule has 0 aliphatic carbocycles. The molecule has 0 aromatic carbocycles. The van der Waals surface area contributed by atoms with Gasteiger partial charge in [-0.15, -0.1) is 0 Å². The van der Waals surface area contributed by atoms with Crippen molar-refractivity contribution in [3.8, 4) is 0 Å². The molecule has 0 saturated carbocycles. The highest BCUT2D eigenvalue weighted by Crippen LogP contribution is 2.07. The molecule has 0 unspecified atom stereocenters. The lowest BCUT2D eigenvalue weighted by atomic mass is 10.4. The highest BCUT2D eigenvalue weighted by molar-refractivity contribution is 5.74. The highest BCUT2D eigenvalue weighted by Gasteiger charge is 2.23. The zero-order valence-electron chi connectivity index (χ0n) is 10.0. The third-order valence-electron chi connectivity index (χ3n) is 3.27. The average Bonchev–Trinajstić information content (AvgIpc) is 2.54. The maximum atomic E-state index is 12.2. The number of likely N-dealkylation sites (N-methyl/N-ethyl adjacent to an activating group) is 1. The number of hydrogen-bond acceptors (Lipinski definition) is 3. The maximum absolute atomic E-state index is 12.2. The summed E-state index contributed by atoms with van der Waals surface area (Å²) in [7, 11) is 2.11. The van der Waals surface area contributed by atoms with Gasteiger partial charge in [-0.2, -0.15) is 0 Å². The normalized spacial score (nSPS) is 24.3. The smallest absolute Gasteiger partial charge is 0.320 e. The number of carbonyl (C=O) groups is 1. The molecule has 16 heavy (non-hydrogen) atoms. The van der Waals surface area contributed by atoms with Crippen LogP contribution in [0.3, 0.4) is 0 Å². The van der Waals surface area contributed by atoms with Gasteiger partial charge in [-0.3, -0.25) is 0 Å². The Bertz CT molecular complexity index is 241. The lowest BCUT2D eigenvalue weighted by Crippen LogP contribution is -2.49. The van der Waals surface area contributed by atoms with Gasteiger partial charge in [0.25, 0.3) is 0 Å². The van der Waals surface area contributed by atoms with Crippen molar-refractivity contribution in [3.63, 3.8) is 0 Å². The predicted molar refractivity (Wildman–Crippen MR) is 61.5 cm³/mol. The summed E-state index contributed by atoms with van der Waals surface area (Å²) >= 11 is 0. The standard InChI is InChI=1S/C11H21N3O2/c1-12-3-2-4-13(6-5-12)11(15)14-7-9-16-10-8-14/h2-10H2,1H3. The molecule has 2 aliphatic rings. The lowest BCUT2D eigenvalue weighted by molar-refractivity contribution is 0.0436. The molecule has 0 N–H and O–H groups in total. The molecule has 92 valence electrons. The fraction of sp³-hybridized carbons (Fsp3) is 0.909. The molecular formula is C11H21N3O2. The number of ether oxygens (including phenoxy) is 1. The van der Waals surface area contributed by atoms with Gasteiger partial charge in [0.1, 0.15) is 0 Å². The van der Waals surface area contributed by atoms with Gasteiger partial charge in [0.05, 0.1) is 13.2 Å². The third kappa shape index (κ3) is 2.86. The van der Waals surface area contributed by atoms with Gasteiger partial charge in [-0.05, 0) is 20.0 Å². The van der Waals surface area contributed by atoms with Crippen molar-refractivity contribution in [3.05, 3.63) is 0 Å². The van der Waals surface area contributed by atoms with Crippen LogP contribution in [-0.2, 0) is 4.74 Å². The minimum absolute atomic E-state index is 0.193. The van der Waals surface area contributed by atoms with Crippen molar-refractivity contribution >= 4 is 6.03 Å². The van der Waals surface area contributed by atoms with Crippen LogP contribution in [-0.4, -0.2) is 80.3 Å². The molecule has 2 heterocycles. The molecule has 2 amide bonds. The van der Waals surface area contributed by atoms with E-state index in [0.717, 1.165) is 45.7 Å². The topological polar surface area (TPSA) is 36.0 Å². The van der Waals surface area contributed by atoms with Crippen LogP contribution in [0.1, 0.15) is 6.42 Å². The monoisotopic (exact) mass is 227 g/mol. The Morgan fingerprint density at radius 2 is 1.62 bits per heavy atom. The van der Waals surface area contributed by atoms with Gasteiger partial charge in [0, 0.05) is 32.7 Å². The summed E-state index contributed by atoms with van der Waals surface area (Å²) in [4.78, 5) is 18.4. The van der Waals surface area contributed by atoms with Crippen molar-refractivity contribution < 1.29 is 9.53 Å². The molecule has 2 fully saturated rings. The van der Waals surface area contributed by atoms with E-state index in [0.29, 0.717) is 13.2 Å². The molecule has 2 aliphatic heterocycles. The predicted octanol–water partition coefficient (Wildman–Crippen LogP) is 0.0761. The summed E-state index contributed by atoms with van der Waals surface area (Å²) in [5.41, 5.74) is 0. The third-order valence-corrected chi connectivity index (χ3v) is 3.27. The summed E-state index contributed by atoms with van der Waals surface area (Å²) in [6.45, 7) is 6.66.